The summed E-state index contributed by atoms with van der Waals surface area (Å²) in [5, 5.41) is 0. The van der Waals surface area contributed by atoms with Crippen LogP contribution in [0.1, 0.15) is 26.2 Å². The summed E-state index contributed by atoms with van der Waals surface area (Å²) in [5.41, 5.74) is 6.06. The Labute approximate surface area is 103 Å². The maximum absolute atomic E-state index is 5.64. The Bertz CT molecular complexity index is 227. The van der Waals surface area contributed by atoms with Crippen LogP contribution in [0.3, 0.4) is 0 Å². The van der Waals surface area contributed by atoms with Crippen LogP contribution in [-0.2, 0) is 0 Å². The highest BCUT2D eigenvalue weighted by atomic mass is 32.2. The van der Waals surface area contributed by atoms with Crippen LogP contribution in [-0.4, -0.2) is 41.5 Å². The monoisotopic (exact) mass is 246 g/mol. The van der Waals surface area contributed by atoms with E-state index in [1.165, 1.54) is 18.6 Å². The van der Waals surface area contributed by atoms with Gasteiger partial charge < -0.3 is 10.6 Å². The Balaban J connectivity index is 2.36. The Morgan fingerprint density at radius 1 is 1.60 bits per heavy atom. The molecule has 1 saturated carbocycles. The smallest absolute Gasteiger partial charge is 0.0733 e. The number of rotatable bonds is 7. The van der Waals surface area contributed by atoms with Crippen molar-refractivity contribution in [3.8, 4) is 0 Å². The van der Waals surface area contributed by atoms with Gasteiger partial charge >= 0.3 is 0 Å². The average Bonchev–Trinajstić information content (AvgIpc) is 2.83. The first-order chi connectivity index (χ1) is 6.99. The summed E-state index contributed by atoms with van der Waals surface area (Å²) in [5.74, 6) is 1.19. The fourth-order valence-electron chi connectivity index (χ4n) is 1.99. The molecular weight excluding hydrogens is 224 g/mol. The van der Waals surface area contributed by atoms with Gasteiger partial charge in [-0.15, -0.1) is 0 Å². The van der Waals surface area contributed by atoms with Crippen LogP contribution in [0.25, 0.3) is 0 Å². The fourth-order valence-corrected chi connectivity index (χ4v) is 3.03. The standard InChI is InChI=1S/C11H22N2S2/c1-9(7-15-3)13(2)8-11(4-5-11)6-10(12)14/h9H,4-8H2,1-3H3,(H2,12,14). The zero-order valence-corrected chi connectivity index (χ0v) is 11.6. The molecule has 0 amide bonds. The molecule has 0 aromatic carbocycles. The van der Waals surface area contributed by atoms with E-state index in [4.69, 9.17) is 18.0 Å². The molecule has 0 aromatic heterocycles. The van der Waals surface area contributed by atoms with E-state index in [0.717, 1.165) is 13.0 Å². The Kier molecular flexibility index (Phi) is 4.87. The molecular formula is C11H22N2S2. The van der Waals surface area contributed by atoms with E-state index >= 15 is 0 Å². The lowest BCUT2D eigenvalue weighted by atomic mass is 10.0. The Hall–Kier alpha value is 0.200. The third-order valence-corrected chi connectivity index (χ3v) is 4.21. The summed E-state index contributed by atoms with van der Waals surface area (Å²) in [6, 6.07) is 0.642. The van der Waals surface area contributed by atoms with Crippen molar-refractivity contribution in [2.24, 2.45) is 11.1 Å². The summed E-state index contributed by atoms with van der Waals surface area (Å²) >= 11 is 6.91. The van der Waals surface area contributed by atoms with Crippen molar-refractivity contribution < 1.29 is 0 Å². The average molecular weight is 246 g/mol. The van der Waals surface area contributed by atoms with Crippen LogP contribution in [0.5, 0.6) is 0 Å². The molecule has 0 aliphatic heterocycles. The van der Waals surface area contributed by atoms with Gasteiger partial charge in [0, 0.05) is 24.8 Å². The normalized spacial score (nSPS) is 20.3. The fraction of sp³-hybridized carbons (Fsp3) is 0.909. The second-order valence-electron chi connectivity index (χ2n) is 4.86. The number of hydrogen-bond acceptors (Lipinski definition) is 3. The summed E-state index contributed by atoms with van der Waals surface area (Å²) in [4.78, 5) is 3.13. The first-order valence-electron chi connectivity index (χ1n) is 5.46. The van der Waals surface area contributed by atoms with Crippen molar-refractivity contribution in [1.29, 1.82) is 0 Å². The number of nitrogens with two attached hydrogens (primary N) is 1. The van der Waals surface area contributed by atoms with Gasteiger partial charge in [0.2, 0.25) is 0 Å². The van der Waals surface area contributed by atoms with Crippen LogP contribution >= 0.6 is 24.0 Å². The molecule has 1 aliphatic rings. The number of thiocarbonyl (C=S) groups is 1. The molecule has 1 rings (SSSR count). The van der Waals surface area contributed by atoms with Crippen LogP contribution in [0.15, 0.2) is 0 Å². The van der Waals surface area contributed by atoms with Crippen molar-refractivity contribution in [2.45, 2.75) is 32.2 Å². The van der Waals surface area contributed by atoms with Crippen molar-refractivity contribution in [3.05, 3.63) is 0 Å². The predicted octanol–water partition coefficient (Wildman–Crippen LogP) is 2.13. The van der Waals surface area contributed by atoms with Gasteiger partial charge in [0.15, 0.2) is 0 Å². The predicted molar refractivity (Wildman–Crippen MR) is 73.5 cm³/mol. The van der Waals surface area contributed by atoms with Crippen molar-refractivity contribution in [1.82, 2.24) is 4.90 Å². The minimum Gasteiger partial charge on any atom is -0.393 e. The molecule has 0 bridgehead atoms. The van der Waals surface area contributed by atoms with Crippen LogP contribution < -0.4 is 5.73 Å². The summed E-state index contributed by atoms with van der Waals surface area (Å²) in [6.07, 6.45) is 5.67. The molecule has 1 unspecified atom stereocenters. The van der Waals surface area contributed by atoms with Gasteiger partial charge in [-0.25, -0.2) is 0 Å². The second kappa shape index (κ2) is 5.51. The highest BCUT2D eigenvalue weighted by Crippen LogP contribution is 2.49. The van der Waals surface area contributed by atoms with Gasteiger partial charge in [0.25, 0.3) is 0 Å². The number of hydrogen-bond donors (Lipinski definition) is 1. The van der Waals surface area contributed by atoms with Crippen molar-refractivity contribution >= 4 is 29.0 Å². The lowest BCUT2D eigenvalue weighted by Crippen LogP contribution is -2.37. The second-order valence-corrected chi connectivity index (χ2v) is 6.30. The van der Waals surface area contributed by atoms with E-state index in [2.05, 4.69) is 25.1 Å². The molecule has 0 aromatic rings. The van der Waals surface area contributed by atoms with Crippen LogP contribution in [0.4, 0.5) is 0 Å². The van der Waals surface area contributed by atoms with Crippen LogP contribution in [0, 0.1) is 5.41 Å². The van der Waals surface area contributed by atoms with Gasteiger partial charge in [0.1, 0.15) is 0 Å². The summed E-state index contributed by atoms with van der Waals surface area (Å²) < 4.78 is 0. The first-order valence-corrected chi connectivity index (χ1v) is 7.27. The molecule has 1 aliphatic carbocycles. The third kappa shape index (κ3) is 4.29. The molecule has 0 spiro atoms. The largest absolute Gasteiger partial charge is 0.393 e. The Morgan fingerprint density at radius 3 is 2.60 bits per heavy atom. The lowest BCUT2D eigenvalue weighted by molar-refractivity contribution is 0.225. The van der Waals surface area contributed by atoms with Gasteiger partial charge in [0.05, 0.1) is 4.99 Å². The maximum Gasteiger partial charge on any atom is 0.0733 e. The Morgan fingerprint density at radius 2 is 2.20 bits per heavy atom. The maximum atomic E-state index is 5.64. The third-order valence-electron chi connectivity index (χ3n) is 3.25. The van der Waals surface area contributed by atoms with E-state index < -0.39 is 0 Å². The zero-order valence-electron chi connectivity index (χ0n) is 9.95. The zero-order chi connectivity index (χ0) is 11.5. The summed E-state index contributed by atoms with van der Waals surface area (Å²) in [6.45, 7) is 3.43. The first kappa shape index (κ1) is 13.3. The quantitative estimate of drug-likeness (QED) is 0.697. The van der Waals surface area contributed by atoms with E-state index in [1.807, 2.05) is 11.8 Å². The molecule has 2 N–H and O–H groups in total. The van der Waals surface area contributed by atoms with E-state index in [1.54, 1.807) is 0 Å². The van der Waals surface area contributed by atoms with Gasteiger partial charge in [-0.05, 0) is 38.5 Å². The molecule has 1 atom stereocenters. The molecule has 15 heavy (non-hydrogen) atoms. The minimum atomic E-state index is 0.424. The number of nitrogens with zero attached hydrogens (tertiary/aromatic N) is 1. The molecule has 88 valence electrons. The number of thioether (sulfide) groups is 1. The SMILES string of the molecule is CSCC(C)N(C)CC1(CC(N)=S)CC1. The highest BCUT2D eigenvalue weighted by Gasteiger charge is 2.43. The van der Waals surface area contributed by atoms with E-state index in [0.29, 0.717) is 16.4 Å². The molecule has 0 heterocycles. The minimum absolute atomic E-state index is 0.424. The lowest BCUT2D eigenvalue weighted by Gasteiger charge is -2.28. The van der Waals surface area contributed by atoms with E-state index in [-0.39, 0.29) is 0 Å². The van der Waals surface area contributed by atoms with Crippen LogP contribution in [0.2, 0.25) is 0 Å². The topological polar surface area (TPSA) is 29.3 Å². The molecule has 2 nitrogen and oxygen atoms in total. The summed E-state index contributed by atoms with van der Waals surface area (Å²) in [7, 11) is 2.21. The molecule has 1 fully saturated rings. The van der Waals surface area contributed by atoms with Crippen molar-refractivity contribution in [2.75, 3.05) is 25.6 Å². The molecule has 0 radical (unpaired) electrons. The van der Waals surface area contributed by atoms with Gasteiger partial charge in [-0.2, -0.15) is 11.8 Å². The van der Waals surface area contributed by atoms with Gasteiger partial charge in [-0.3, -0.25) is 0 Å². The van der Waals surface area contributed by atoms with Crippen molar-refractivity contribution in [3.63, 3.8) is 0 Å². The van der Waals surface area contributed by atoms with E-state index in [9.17, 15) is 0 Å². The highest BCUT2D eigenvalue weighted by molar-refractivity contribution is 7.98. The molecule has 4 heteroatoms. The van der Waals surface area contributed by atoms with Gasteiger partial charge in [-0.1, -0.05) is 12.2 Å². The molecule has 0 saturated heterocycles.